The Morgan fingerprint density at radius 3 is 2.74 bits per heavy atom. The highest BCUT2D eigenvalue weighted by Crippen LogP contribution is 2.31. The van der Waals surface area contributed by atoms with Crippen molar-refractivity contribution in [3.8, 4) is 16.9 Å². The van der Waals surface area contributed by atoms with Crippen LogP contribution >= 0.6 is 22.7 Å². The van der Waals surface area contributed by atoms with Crippen LogP contribution in [0.2, 0.25) is 0 Å². The number of carbonyl (C=O) groups excluding carboxylic acids is 2. The summed E-state index contributed by atoms with van der Waals surface area (Å²) in [7, 11) is 0. The van der Waals surface area contributed by atoms with Gasteiger partial charge in [-0.2, -0.15) is 0 Å². The second kappa shape index (κ2) is 10.6. The number of ether oxygens (including phenoxy) is 2. The highest BCUT2D eigenvalue weighted by atomic mass is 32.1. The number of benzene rings is 1. The Bertz CT molecular complexity index is 1450. The van der Waals surface area contributed by atoms with Gasteiger partial charge in [0.25, 0.3) is 5.56 Å². The summed E-state index contributed by atoms with van der Waals surface area (Å²) in [6, 6.07) is 7.47. The molecule has 0 unspecified atom stereocenters. The van der Waals surface area contributed by atoms with Gasteiger partial charge in [0, 0.05) is 10.9 Å². The third-order valence-electron chi connectivity index (χ3n) is 4.91. The van der Waals surface area contributed by atoms with Crippen molar-refractivity contribution in [2.75, 3.05) is 18.5 Å². The Hall–Kier alpha value is -3.83. The smallest absolute Gasteiger partial charge is 0.350 e. The molecule has 0 aliphatic heterocycles. The van der Waals surface area contributed by atoms with Crippen LogP contribution in [0.15, 0.2) is 53.4 Å². The topological polar surface area (TPSA) is 112 Å². The molecule has 1 amide bonds. The van der Waals surface area contributed by atoms with Crippen LogP contribution in [0.5, 0.6) is 5.75 Å². The fourth-order valence-electron chi connectivity index (χ4n) is 3.34. The fourth-order valence-corrected chi connectivity index (χ4v) is 5.13. The predicted octanol–water partition coefficient (Wildman–Crippen LogP) is 4.27. The first-order chi connectivity index (χ1) is 16.9. The lowest BCUT2D eigenvalue weighted by molar-refractivity contribution is -0.116. The van der Waals surface area contributed by atoms with E-state index in [0.717, 1.165) is 28.2 Å². The van der Waals surface area contributed by atoms with Crippen LogP contribution in [0.3, 0.4) is 0 Å². The third-order valence-corrected chi connectivity index (χ3v) is 6.85. The highest BCUT2D eigenvalue weighted by Gasteiger charge is 2.19. The standard InChI is InChI=1S/C24H22N4O5S2/c1-4-10-33-23(31)20-14(3)26-24(35-20)27-18(29)11-28-13-25-21-19(22(28)30)17(12-34-21)15-6-8-16(9-7-15)32-5-2/h4,6-9,12-13H,1,5,10-11H2,2-3H3,(H,26,27,29). The Kier molecular flexibility index (Phi) is 7.37. The molecule has 0 saturated carbocycles. The summed E-state index contributed by atoms with van der Waals surface area (Å²) in [6.45, 7) is 7.46. The van der Waals surface area contributed by atoms with Crippen molar-refractivity contribution in [2.45, 2.75) is 20.4 Å². The summed E-state index contributed by atoms with van der Waals surface area (Å²) in [5, 5.41) is 5.21. The Morgan fingerprint density at radius 2 is 2.03 bits per heavy atom. The van der Waals surface area contributed by atoms with Crippen LogP contribution in [0.25, 0.3) is 21.3 Å². The van der Waals surface area contributed by atoms with Gasteiger partial charge in [-0.25, -0.2) is 14.8 Å². The second-order valence-electron chi connectivity index (χ2n) is 7.33. The van der Waals surface area contributed by atoms with Crippen molar-refractivity contribution in [2.24, 2.45) is 0 Å². The molecule has 3 heterocycles. The lowest BCUT2D eigenvalue weighted by Crippen LogP contribution is -2.27. The van der Waals surface area contributed by atoms with Crippen LogP contribution in [0, 0.1) is 6.92 Å². The lowest BCUT2D eigenvalue weighted by Gasteiger charge is -2.07. The zero-order valence-corrected chi connectivity index (χ0v) is 20.7. The molecule has 1 N–H and O–H groups in total. The van der Waals surface area contributed by atoms with Gasteiger partial charge in [0.1, 0.15) is 28.6 Å². The minimum atomic E-state index is -0.537. The number of hydrogen-bond donors (Lipinski definition) is 1. The van der Waals surface area contributed by atoms with Crippen molar-refractivity contribution in [3.63, 3.8) is 0 Å². The largest absolute Gasteiger partial charge is 0.494 e. The summed E-state index contributed by atoms with van der Waals surface area (Å²) in [5.74, 6) is -0.256. The number of aryl methyl sites for hydroxylation is 1. The maximum Gasteiger partial charge on any atom is 0.350 e. The number of anilines is 1. The van der Waals surface area contributed by atoms with Crippen LogP contribution in [-0.4, -0.2) is 39.6 Å². The SMILES string of the molecule is C=CCOC(=O)c1sc(NC(=O)Cn2cnc3scc(-c4ccc(OCC)cc4)c3c2=O)nc1C. The number of fused-ring (bicyclic) bond motifs is 1. The van der Waals surface area contributed by atoms with Crippen LogP contribution in [0.4, 0.5) is 5.13 Å². The minimum absolute atomic E-state index is 0.0808. The summed E-state index contributed by atoms with van der Waals surface area (Å²) in [5.41, 5.74) is 1.73. The molecule has 4 rings (SSSR count). The molecule has 0 atom stereocenters. The molecule has 1 aromatic carbocycles. The second-order valence-corrected chi connectivity index (χ2v) is 9.19. The van der Waals surface area contributed by atoms with Gasteiger partial charge < -0.3 is 14.8 Å². The maximum atomic E-state index is 13.2. The molecule has 0 saturated heterocycles. The van der Waals surface area contributed by atoms with Crippen molar-refractivity contribution in [1.82, 2.24) is 14.5 Å². The van der Waals surface area contributed by atoms with Gasteiger partial charge in [0.2, 0.25) is 5.91 Å². The zero-order valence-electron chi connectivity index (χ0n) is 19.1. The Morgan fingerprint density at radius 1 is 1.26 bits per heavy atom. The summed E-state index contributed by atoms with van der Waals surface area (Å²) < 4.78 is 11.8. The van der Waals surface area contributed by atoms with Gasteiger partial charge in [-0.05, 0) is 31.5 Å². The van der Waals surface area contributed by atoms with E-state index in [1.807, 2.05) is 36.6 Å². The molecular formula is C24H22N4O5S2. The van der Waals surface area contributed by atoms with Crippen molar-refractivity contribution in [1.29, 1.82) is 0 Å². The normalized spacial score (nSPS) is 10.8. The number of thiophene rings is 1. The van der Waals surface area contributed by atoms with E-state index in [9.17, 15) is 14.4 Å². The first kappa shape index (κ1) is 24.3. The number of carbonyl (C=O) groups is 2. The Labute approximate surface area is 208 Å². The Balaban J connectivity index is 1.54. The first-order valence-corrected chi connectivity index (χ1v) is 12.4. The quantitative estimate of drug-likeness (QED) is 0.264. The highest BCUT2D eigenvalue weighted by molar-refractivity contribution is 7.17. The molecule has 9 nitrogen and oxygen atoms in total. The molecule has 0 radical (unpaired) electrons. The van der Waals surface area contributed by atoms with E-state index in [4.69, 9.17) is 9.47 Å². The fraction of sp³-hybridized carbons (Fsp3) is 0.208. The van der Waals surface area contributed by atoms with E-state index < -0.39 is 11.9 Å². The van der Waals surface area contributed by atoms with E-state index in [1.54, 1.807) is 6.92 Å². The lowest BCUT2D eigenvalue weighted by atomic mass is 10.1. The van der Waals surface area contributed by atoms with Crippen LogP contribution < -0.4 is 15.6 Å². The molecule has 3 aromatic heterocycles. The predicted molar refractivity (Wildman–Crippen MR) is 136 cm³/mol. The van der Waals surface area contributed by atoms with Crippen LogP contribution in [-0.2, 0) is 16.1 Å². The zero-order chi connectivity index (χ0) is 24.9. The number of nitrogens with zero attached hydrogens (tertiary/aromatic N) is 3. The maximum absolute atomic E-state index is 13.2. The van der Waals surface area contributed by atoms with E-state index in [1.165, 1.54) is 28.3 Å². The molecule has 0 aliphatic carbocycles. The molecule has 11 heteroatoms. The van der Waals surface area contributed by atoms with Crippen molar-refractivity contribution in [3.05, 3.63) is 69.6 Å². The van der Waals surface area contributed by atoms with E-state index in [2.05, 4.69) is 21.9 Å². The summed E-state index contributed by atoms with van der Waals surface area (Å²) in [6.07, 6.45) is 2.82. The van der Waals surface area contributed by atoms with Gasteiger partial charge in [-0.3, -0.25) is 14.2 Å². The molecule has 35 heavy (non-hydrogen) atoms. The number of amides is 1. The average molecular weight is 511 g/mol. The van der Waals surface area contributed by atoms with E-state index in [0.29, 0.717) is 27.4 Å². The number of hydrogen-bond acceptors (Lipinski definition) is 9. The van der Waals surface area contributed by atoms with E-state index >= 15 is 0 Å². The van der Waals surface area contributed by atoms with Crippen molar-refractivity contribution >= 4 is 49.9 Å². The molecule has 0 aliphatic rings. The summed E-state index contributed by atoms with van der Waals surface area (Å²) >= 11 is 2.37. The van der Waals surface area contributed by atoms with E-state index in [-0.39, 0.29) is 23.8 Å². The van der Waals surface area contributed by atoms with Gasteiger partial charge in [-0.1, -0.05) is 36.1 Å². The van der Waals surface area contributed by atoms with Gasteiger partial charge in [0.15, 0.2) is 5.13 Å². The first-order valence-electron chi connectivity index (χ1n) is 10.7. The van der Waals surface area contributed by atoms with Crippen molar-refractivity contribution < 1.29 is 19.1 Å². The number of esters is 1. The van der Waals surface area contributed by atoms with Crippen LogP contribution in [0.1, 0.15) is 22.3 Å². The average Bonchev–Trinajstić information content (AvgIpc) is 3.44. The third kappa shape index (κ3) is 5.31. The molecule has 180 valence electrons. The van der Waals surface area contributed by atoms with Gasteiger partial charge in [-0.15, -0.1) is 11.3 Å². The number of aromatic nitrogens is 3. The monoisotopic (exact) mass is 510 g/mol. The molecular weight excluding hydrogens is 488 g/mol. The minimum Gasteiger partial charge on any atom is -0.494 e. The number of rotatable bonds is 9. The number of nitrogens with one attached hydrogen (secondary N) is 1. The molecule has 4 aromatic rings. The number of thiazole rings is 1. The van der Waals surface area contributed by atoms with Gasteiger partial charge in [0.05, 0.1) is 24.0 Å². The molecule has 0 fully saturated rings. The molecule has 0 spiro atoms. The van der Waals surface area contributed by atoms with Gasteiger partial charge >= 0.3 is 5.97 Å². The molecule has 0 bridgehead atoms. The summed E-state index contributed by atoms with van der Waals surface area (Å²) in [4.78, 5) is 47.4.